The number of benzene rings is 2. The van der Waals surface area contributed by atoms with Gasteiger partial charge in [-0.1, -0.05) is 29.8 Å². The molecule has 0 amide bonds. The molecule has 1 heterocycles. The smallest absolute Gasteiger partial charge is 0.0502 e. The zero-order valence-corrected chi connectivity index (χ0v) is 16.2. The number of fused-ring (bicyclic) bond motifs is 1. The van der Waals surface area contributed by atoms with Crippen LogP contribution < -0.4 is 5.73 Å². The van der Waals surface area contributed by atoms with Gasteiger partial charge in [-0.3, -0.25) is 0 Å². The first-order chi connectivity index (χ1) is 11.9. The molecule has 0 fully saturated rings. The number of aromatic nitrogens is 1. The Labute approximate surface area is 151 Å². The molecule has 0 saturated carbocycles. The first kappa shape index (κ1) is 17.8. The lowest BCUT2D eigenvalue weighted by Gasteiger charge is -2.13. The largest absolute Gasteiger partial charge is 0.354 e. The van der Waals surface area contributed by atoms with Gasteiger partial charge < -0.3 is 10.7 Å². The third kappa shape index (κ3) is 3.23. The minimum absolute atomic E-state index is 0.762. The third-order valence-corrected chi connectivity index (χ3v) is 5.42. The number of hydrogen-bond acceptors (Lipinski definition) is 1. The van der Waals surface area contributed by atoms with E-state index in [0.717, 1.165) is 25.8 Å². The molecular weight excluding hydrogens is 304 g/mol. The van der Waals surface area contributed by atoms with Gasteiger partial charge in [0.1, 0.15) is 0 Å². The Kier molecular flexibility index (Phi) is 5.01. The van der Waals surface area contributed by atoms with Crippen LogP contribution in [-0.4, -0.2) is 11.5 Å². The van der Waals surface area contributed by atoms with Gasteiger partial charge in [0.15, 0.2) is 0 Å². The van der Waals surface area contributed by atoms with E-state index in [1.54, 1.807) is 0 Å². The minimum atomic E-state index is 0.762. The molecule has 0 saturated heterocycles. The highest BCUT2D eigenvalue weighted by atomic mass is 14.7. The number of nitrogens with one attached hydrogen (secondary N) is 1. The van der Waals surface area contributed by atoms with Crippen LogP contribution >= 0.6 is 0 Å². The van der Waals surface area contributed by atoms with Crippen molar-refractivity contribution in [1.29, 1.82) is 0 Å². The Morgan fingerprint density at radius 3 is 2.20 bits per heavy atom. The summed E-state index contributed by atoms with van der Waals surface area (Å²) in [5, 5.41) is 1.37. The molecule has 1 aromatic heterocycles. The van der Waals surface area contributed by atoms with E-state index in [1.165, 1.54) is 55.5 Å². The first-order valence-corrected chi connectivity index (χ1v) is 9.33. The van der Waals surface area contributed by atoms with Crippen molar-refractivity contribution in [1.82, 2.24) is 4.98 Å². The quantitative estimate of drug-likeness (QED) is 0.581. The Bertz CT molecular complexity index is 892. The van der Waals surface area contributed by atoms with E-state index in [1.807, 2.05) is 0 Å². The molecule has 0 bridgehead atoms. The molecule has 0 aliphatic carbocycles. The zero-order valence-electron chi connectivity index (χ0n) is 16.2. The third-order valence-electron chi connectivity index (χ3n) is 5.42. The number of unbranched alkanes of at least 4 members (excludes halogenated alkanes) is 1. The van der Waals surface area contributed by atoms with E-state index in [-0.39, 0.29) is 0 Å². The predicted octanol–water partition coefficient (Wildman–Crippen LogP) is 5.66. The molecular formula is C23H30N2. The number of aryl methyl sites for hydroxylation is 6. The Balaban J connectivity index is 2.26. The molecule has 25 heavy (non-hydrogen) atoms. The van der Waals surface area contributed by atoms with Crippen LogP contribution in [0.3, 0.4) is 0 Å². The van der Waals surface area contributed by atoms with Crippen LogP contribution in [0.4, 0.5) is 0 Å². The van der Waals surface area contributed by atoms with E-state index in [0.29, 0.717) is 0 Å². The Morgan fingerprint density at radius 1 is 0.880 bits per heavy atom. The second-order valence-corrected chi connectivity index (χ2v) is 7.43. The predicted molar refractivity (Wildman–Crippen MR) is 109 cm³/mol. The Hall–Kier alpha value is -2.06. The molecule has 0 aliphatic rings. The van der Waals surface area contributed by atoms with Crippen LogP contribution in [0, 0.1) is 34.6 Å². The highest BCUT2D eigenvalue weighted by molar-refractivity contribution is 5.94. The van der Waals surface area contributed by atoms with E-state index in [9.17, 15) is 0 Å². The lowest BCUT2D eigenvalue weighted by atomic mass is 9.93. The lowest BCUT2D eigenvalue weighted by Crippen LogP contribution is -2.00. The summed E-state index contributed by atoms with van der Waals surface area (Å²) in [6.07, 6.45) is 3.28. The molecule has 132 valence electrons. The second kappa shape index (κ2) is 7.05. The van der Waals surface area contributed by atoms with Crippen LogP contribution in [-0.2, 0) is 6.42 Å². The average Bonchev–Trinajstić information content (AvgIpc) is 2.90. The summed E-state index contributed by atoms with van der Waals surface area (Å²) in [7, 11) is 0. The molecule has 2 aromatic carbocycles. The summed E-state index contributed by atoms with van der Waals surface area (Å²) in [5.74, 6) is 0. The summed E-state index contributed by atoms with van der Waals surface area (Å²) in [4.78, 5) is 3.79. The van der Waals surface area contributed by atoms with Gasteiger partial charge >= 0.3 is 0 Å². The van der Waals surface area contributed by atoms with Crippen LogP contribution in [0.25, 0.3) is 22.2 Å². The van der Waals surface area contributed by atoms with Crippen molar-refractivity contribution in [3.63, 3.8) is 0 Å². The molecule has 0 atom stereocenters. The fourth-order valence-electron chi connectivity index (χ4n) is 4.06. The van der Waals surface area contributed by atoms with Gasteiger partial charge in [-0.05, 0) is 88.2 Å². The lowest BCUT2D eigenvalue weighted by molar-refractivity contribution is 0.748. The molecule has 3 N–H and O–H groups in total. The highest BCUT2D eigenvalue weighted by Crippen LogP contribution is 2.37. The molecule has 3 rings (SSSR count). The van der Waals surface area contributed by atoms with Crippen molar-refractivity contribution in [2.24, 2.45) is 5.73 Å². The SMILES string of the molecule is Cc1cc(C)c(-c2[nH]c3c(C)c(C)ccc3c2CCCCN)c(C)c1. The van der Waals surface area contributed by atoms with Gasteiger partial charge in [0.05, 0.1) is 5.69 Å². The topological polar surface area (TPSA) is 41.8 Å². The molecule has 0 spiro atoms. The standard InChI is InChI=1S/C23H30N2/c1-14-12-16(3)21(17(4)13-14)23-19(8-6-7-11-24)20-10-9-15(2)18(5)22(20)25-23/h9-10,12-13,25H,6-8,11,24H2,1-5H3. The number of rotatable bonds is 5. The van der Waals surface area contributed by atoms with E-state index in [4.69, 9.17) is 5.73 Å². The first-order valence-electron chi connectivity index (χ1n) is 9.33. The number of hydrogen-bond donors (Lipinski definition) is 2. The van der Waals surface area contributed by atoms with Crippen molar-refractivity contribution in [3.05, 3.63) is 57.6 Å². The molecule has 2 heteroatoms. The molecule has 0 radical (unpaired) electrons. The molecule has 0 unspecified atom stereocenters. The Morgan fingerprint density at radius 2 is 1.56 bits per heavy atom. The van der Waals surface area contributed by atoms with Crippen LogP contribution in [0.2, 0.25) is 0 Å². The molecule has 3 aromatic rings. The zero-order chi connectivity index (χ0) is 18.1. The number of H-pyrrole nitrogens is 1. The summed E-state index contributed by atoms with van der Waals surface area (Å²) < 4.78 is 0. The van der Waals surface area contributed by atoms with Crippen molar-refractivity contribution in [2.75, 3.05) is 6.54 Å². The maximum atomic E-state index is 5.73. The van der Waals surface area contributed by atoms with Crippen LogP contribution in [0.5, 0.6) is 0 Å². The maximum Gasteiger partial charge on any atom is 0.0502 e. The normalized spacial score (nSPS) is 11.4. The maximum absolute atomic E-state index is 5.73. The summed E-state index contributed by atoms with van der Waals surface area (Å²) in [6, 6.07) is 9.11. The van der Waals surface area contributed by atoms with Gasteiger partial charge in [0.25, 0.3) is 0 Å². The van der Waals surface area contributed by atoms with Gasteiger partial charge in [0, 0.05) is 16.5 Å². The van der Waals surface area contributed by atoms with Crippen LogP contribution in [0.1, 0.15) is 46.2 Å². The fraction of sp³-hybridized carbons (Fsp3) is 0.391. The number of nitrogens with two attached hydrogens (primary N) is 1. The van der Waals surface area contributed by atoms with Gasteiger partial charge in [0.2, 0.25) is 0 Å². The summed E-state index contributed by atoms with van der Waals surface area (Å²) in [5.41, 5.74) is 17.8. The van der Waals surface area contributed by atoms with Crippen LogP contribution in [0.15, 0.2) is 24.3 Å². The van der Waals surface area contributed by atoms with Gasteiger partial charge in [-0.2, -0.15) is 0 Å². The monoisotopic (exact) mass is 334 g/mol. The second-order valence-electron chi connectivity index (χ2n) is 7.43. The molecule has 0 aliphatic heterocycles. The summed E-state index contributed by atoms with van der Waals surface area (Å²) in [6.45, 7) is 11.8. The highest BCUT2D eigenvalue weighted by Gasteiger charge is 2.18. The average molecular weight is 335 g/mol. The van der Waals surface area contributed by atoms with E-state index in [2.05, 4.69) is 63.9 Å². The van der Waals surface area contributed by atoms with Crippen molar-refractivity contribution in [2.45, 2.75) is 53.9 Å². The van der Waals surface area contributed by atoms with E-state index < -0.39 is 0 Å². The number of aromatic amines is 1. The van der Waals surface area contributed by atoms with Crippen molar-refractivity contribution >= 4 is 10.9 Å². The van der Waals surface area contributed by atoms with Gasteiger partial charge in [-0.15, -0.1) is 0 Å². The fourth-order valence-corrected chi connectivity index (χ4v) is 4.06. The molecule has 2 nitrogen and oxygen atoms in total. The summed E-state index contributed by atoms with van der Waals surface area (Å²) >= 11 is 0. The van der Waals surface area contributed by atoms with Gasteiger partial charge in [-0.25, -0.2) is 0 Å². The van der Waals surface area contributed by atoms with Crippen molar-refractivity contribution < 1.29 is 0 Å². The van der Waals surface area contributed by atoms with E-state index >= 15 is 0 Å². The van der Waals surface area contributed by atoms with Crippen molar-refractivity contribution in [3.8, 4) is 11.3 Å². The minimum Gasteiger partial charge on any atom is -0.354 e.